The Balaban J connectivity index is 2.10. The van der Waals surface area contributed by atoms with Crippen LogP contribution < -0.4 is 5.32 Å². The predicted molar refractivity (Wildman–Crippen MR) is 70.3 cm³/mol. The van der Waals surface area contributed by atoms with Gasteiger partial charge >= 0.3 is 0 Å². The monoisotopic (exact) mass is 219 g/mol. The normalized spacial score (nSPS) is 13.9. The lowest BCUT2D eigenvalue weighted by molar-refractivity contribution is 1.35. The molecule has 2 heteroatoms. The fraction of sp³-hybridized carbons (Fsp3) is 0. The van der Waals surface area contributed by atoms with E-state index in [4.69, 9.17) is 0 Å². The molecule has 3 rings (SSSR count). The molecule has 0 N–H and O–H groups in total. The first-order valence-corrected chi connectivity index (χ1v) is 5.53. The minimum atomic E-state index is 0.941. The summed E-state index contributed by atoms with van der Waals surface area (Å²) in [6.45, 7) is 0. The van der Waals surface area contributed by atoms with Crippen molar-refractivity contribution in [2.24, 2.45) is 4.99 Å². The molecule has 0 bridgehead atoms. The summed E-state index contributed by atoms with van der Waals surface area (Å²) in [7, 11) is 0. The van der Waals surface area contributed by atoms with Gasteiger partial charge in [0.1, 0.15) is 6.34 Å². The van der Waals surface area contributed by atoms with Gasteiger partial charge in [0, 0.05) is 11.1 Å². The summed E-state index contributed by atoms with van der Waals surface area (Å²) in [4.78, 5) is 4.35. The number of rotatable bonds is 2. The highest BCUT2D eigenvalue weighted by Crippen LogP contribution is 2.28. The first-order chi connectivity index (χ1) is 8.45. The Morgan fingerprint density at radius 2 is 1.12 bits per heavy atom. The lowest BCUT2D eigenvalue weighted by atomic mass is 10.1. The predicted octanol–water partition coefficient (Wildman–Crippen LogP) is 3.16. The standard InChI is InChI=1S/C15H11N2/c1-3-7-12(8-4-1)14-15(17-11-16-14)13-9-5-2-6-10-13/h1-11H. The largest absolute Gasteiger partial charge is 0.234 e. The third-order valence-electron chi connectivity index (χ3n) is 2.69. The Hall–Kier alpha value is -2.35. The molecule has 0 unspecified atom stereocenters. The Bertz CT molecular complexity index is 568. The molecule has 1 aliphatic heterocycles. The first kappa shape index (κ1) is 9.85. The van der Waals surface area contributed by atoms with Crippen molar-refractivity contribution in [2.45, 2.75) is 0 Å². The summed E-state index contributed by atoms with van der Waals surface area (Å²) >= 11 is 0. The Labute approximate surface area is 100 Å². The van der Waals surface area contributed by atoms with Gasteiger partial charge in [0.25, 0.3) is 0 Å². The van der Waals surface area contributed by atoms with Gasteiger partial charge in [-0.15, -0.1) is 0 Å². The lowest BCUT2D eigenvalue weighted by Gasteiger charge is -2.04. The van der Waals surface area contributed by atoms with Crippen molar-refractivity contribution in [1.82, 2.24) is 5.32 Å². The van der Waals surface area contributed by atoms with E-state index in [1.54, 1.807) is 6.34 Å². The van der Waals surface area contributed by atoms with Crippen LogP contribution in [0.4, 0.5) is 0 Å². The third-order valence-corrected chi connectivity index (χ3v) is 2.69. The average Bonchev–Trinajstić information content (AvgIpc) is 2.90. The maximum atomic E-state index is 4.35. The Morgan fingerprint density at radius 1 is 0.588 bits per heavy atom. The molecule has 0 aliphatic carbocycles. The molecular formula is C15H11N2. The number of nitrogens with zero attached hydrogens (tertiary/aromatic N) is 2. The number of hydrogen-bond acceptors (Lipinski definition) is 1. The second kappa shape index (κ2) is 4.26. The van der Waals surface area contributed by atoms with Crippen LogP contribution >= 0.6 is 0 Å². The summed E-state index contributed by atoms with van der Waals surface area (Å²) in [5, 5.41) is 4.35. The smallest absolute Gasteiger partial charge is 0.116 e. The molecule has 2 aromatic rings. The van der Waals surface area contributed by atoms with Crippen molar-refractivity contribution in [3.05, 3.63) is 71.8 Å². The van der Waals surface area contributed by atoms with Gasteiger partial charge in [-0.05, 0) is 0 Å². The molecular weight excluding hydrogens is 208 g/mol. The highest BCUT2D eigenvalue weighted by Gasteiger charge is 2.15. The maximum absolute atomic E-state index is 4.35. The van der Waals surface area contributed by atoms with Gasteiger partial charge in [-0.3, -0.25) is 0 Å². The summed E-state index contributed by atoms with van der Waals surface area (Å²) < 4.78 is 0. The van der Waals surface area contributed by atoms with Crippen molar-refractivity contribution in [3.8, 4) is 0 Å². The molecule has 0 spiro atoms. The minimum Gasteiger partial charge on any atom is -0.234 e. The zero-order chi connectivity index (χ0) is 11.5. The van der Waals surface area contributed by atoms with Crippen molar-refractivity contribution >= 4 is 17.7 Å². The molecule has 0 fully saturated rings. The molecule has 2 nitrogen and oxygen atoms in total. The van der Waals surface area contributed by atoms with Gasteiger partial charge < -0.3 is 0 Å². The molecule has 17 heavy (non-hydrogen) atoms. The van der Waals surface area contributed by atoms with Crippen LogP contribution in [0.1, 0.15) is 11.1 Å². The van der Waals surface area contributed by atoms with Gasteiger partial charge in [0.2, 0.25) is 0 Å². The summed E-state index contributed by atoms with van der Waals surface area (Å²) in [6.07, 6.45) is 1.62. The average molecular weight is 219 g/mol. The van der Waals surface area contributed by atoms with Crippen LogP contribution in [0, 0.1) is 0 Å². The van der Waals surface area contributed by atoms with Crippen LogP contribution in [0.5, 0.6) is 0 Å². The van der Waals surface area contributed by atoms with E-state index in [-0.39, 0.29) is 0 Å². The fourth-order valence-electron chi connectivity index (χ4n) is 1.88. The van der Waals surface area contributed by atoms with E-state index in [0.717, 1.165) is 22.5 Å². The van der Waals surface area contributed by atoms with E-state index in [1.165, 1.54) is 0 Å². The molecule has 2 aromatic carbocycles. The van der Waals surface area contributed by atoms with E-state index < -0.39 is 0 Å². The van der Waals surface area contributed by atoms with Gasteiger partial charge in [-0.1, -0.05) is 60.7 Å². The maximum Gasteiger partial charge on any atom is 0.116 e. The fourth-order valence-corrected chi connectivity index (χ4v) is 1.88. The number of hydrogen-bond donors (Lipinski definition) is 0. The highest BCUT2D eigenvalue weighted by atomic mass is 15.0. The van der Waals surface area contributed by atoms with E-state index in [9.17, 15) is 0 Å². The van der Waals surface area contributed by atoms with Crippen LogP contribution in [0.3, 0.4) is 0 Å². The summed E-state index contributed by atoms with van der Waals surface area (Å²) in [5.41, 5.74) is 4.08. The zero-order valence-electron chi connectivity index (χ0n) is 9.25. The van der Waals surface area contributed by atoms with Crippen molar-refractivity contribution in [1.29, 1.82) is 0 Å². The summed E-state index contributed by atoms with van der Waals surface area (Å²) in [5.74, 6) is 0. The van der Waals surface area contributed by atoms with Crippen molar-refractivity contribution < 1.29 is 0 Å². The van der Waals surface area contributed by atoms with E-state index in [2.05, 4.69) is 34.6 Å². The molecule has 0 atom stereocenters. The second-order valence-corrected chi connectivity index (χ2v) is 3.80. The van der Waals surface area contributed by atoms with Crippen LogP contribution in [-0.2, 0) is 0 Å². The molecule has 1 radical (unpaired) electrons. The molecule has 1 heterocycles. The number of aliphatic imine (C=N–C) groups is 1. The lowest BCUT2D eigenvalue weighted by Crippen LogP contribution is -1.96. The van der Waals surface area contributed by atoms with Crippen LogP contribution in [0.25, 0.3) is 11.4 Å². The van der Waals surface area contributed by atoms with Gasteiger partial charge in [-0.25, -0.2) is 10.3 Å². The second-order valence-electron chi connectivity index (χ2n) is 3.80. The first-order valence-electron chi connectivity index (χ1n) is 5.53. The van der Waals surface area contributed by atoms with Crippen LogP contribution in [0.2, 0.25) is 0 Å². The van der Waals surface area contributed by atoms with E-state index in [1.807, 2.05) is 36.4 Å². The Morgan fingerprint density at radius 3 is 1.71 bits per heavy atom. The molecule has 0 saturated carbocycles. The molecule has 0 amide bonds. The van der Waals surface area contributed by atoms with Crippen molar-refractivity contribution in [2.75, 3.05) is 0 Å². The molecule has 0 saturated heterocycles. The van der Waals surface area contributed by atoms with Gasteiger partial charge in [0.15, 0.2) is 0 Å². The van der Waals surface area contributed by atoms with E-state index in [0.29, 0.717) is 0 Å². The van der Waals surface area contributed by atoms with Crippen LogP contribution in [-0.4, -0.2) is 6.34 Å². The molecule has 1 aliphatic rings. The molecule has 81 valence electrons. The zero-order valence-corrected chi connectivity index (χ0v) is 9.25. The van der Waals surface area contributed by atoms with E-state index >= 15 is 0 Å². The topological polar surface area (TPSA) is 26.5 Å². The van der Waals surface area contributed by atoms with Gasteiger partial charge in [-0.2, -0.15) is 0 Å². The van der Waals surface area contributed by atoms with Crippen LogP contribution in [0.15, 0.2) is 65.7 Å². The van der Waals surface area contributed by atoms with Crippen molar-refractivity contribution in [3.63, 3.8) is 0 Å². The third kappa shape index (κ3) is 1.85. The quantitative estimate of drug-likeness (QED) is 0.741. The Kier molecular flexibility index (Phi) is 2.47. The SMILES string of the molecule is C1=NC(c2ccccc2)=C(c2ccccc2)[N]1. The minimum absolute atomic E-state index is 0.941. The number of benzene rings is 2. The van der Waals surface area contributed by atoms with Gasteiger partial charge in [0.05, 0.1) is 11.4 Å². The molecule has 0 aromatic heterocycles. The highest BCUT2D eigenvalue weighted by molar-refractivity contribution is 5.99. The summed E-state index contributed by atoms with van der Waals surface area (Å²) in [6, 6.07) is 20.3.